The summed E-state index contributed by atoms with van der Waals surface area (Å²) in [4.78, 5) is 4.56. The van der Waals surface area contributed by atoms with Crippen LogP contribution in [0.15, 0.2) is 12.1 Å². The van der Waals surface area contributed by atoms with Gasteiger partial charge in [0.05, 0.1) is 21.1 Å². The summed E-state index contributed by atoms with van der Waals surface area (Å²) in [6, 6.07) is 3.78. The van der Waals surface area contributed by atoms with Crippen LogP contribution in [0.25, 0.3) is 11.0 Å². The molecule has 0 bridgehead atoms. The summed E-state index contributed by atoms with van der Waals surface area (Å²) in [7, 11) is 0. The summed E-state index contributed by atoms with van der Waals surface area (Å²) in [6.07, 6.45) is 7.79. The summed E-state index contributed by atoms with van der Waals surface area (Å²) >= 11 is 12.2. The molecule has 2 nitrogen and oxygen atoms in total. The topological polar surface area (TPSA) is 17.8 Å². The molecule has 0 N–H and O–H groups in total. The molecule has 1 aromatic heterocycles. The van der Waals surface area contributed by atoms with E-state index in [1.54, 1.807) is 0 Å². The van der Waals surface area contributed by atoms with Gasteiger partial charge in [-0.3, -0.25) is 0 Å². The maximum Gasteiger partial charge on any atom is 0.106 e. The fraction of sp³-hybridized carbons (Fsp3) is 0.562. The molecule has 2 aromatic rings. The quantitative estimate of drug-likeness (QED) is 0.572. The van der Waals surface area contributed by atoms with Gasteiger partial charge in [-0.25, -0.2) is 4.98 Å². The van der Waals surface area contributed by atoms with E-state index in [-0.39, 0.29) is 0 Å². The zero-order valence-electron chi connectivity index (χ0n) is 12.3. The Labute approximate surface area is 131 Å². The number of imidazole rings is 1. The zero-order chi connectivity index (χ0) is 14.5. The van der Waals surface area contributed by atoms with E-state index >= 15 is 0 Å². The lowest BCUT2D eigenvalue weighted by molar-refractivity contribution is 0.558. The minimum atomic E-state index is 0.573. The number of hydrogen-bond donors (Lipinski definition) is 0. The first-order valence-electron chi connectivity index (χ1n) is 7.45. The van der Waals surface area contributed by atoms with Crippen LogP contribution in [0.5, 0.6) is 0 Å². The molecule has 0 saturated heterocycles. The largest absolute Gasteiger partial charge is 0.328 e. The average Bonchev–Trinajstić information content (AvgIpc) is 2.70. The molecule has 0 aliphatic carbocycles. The molecular formula is C16H22Cl2N2. The van der Waals surface area contributed by atoms with Gasteiger partial charge in [0.25, 0.3) is 0 Å². The van der Waals surface area contributed by atoms with E-state index in [0.717, 1.165) is 23.4 Å². The van der Waals surface area contributed by atoms with Crippen molar-refractivity contribution in [1.29, 1.82) is 0 Å². The van der Waals surface area contributed by atoms with Gasteiger partial charge in [0.1, 0.15) is 5.82 Å². The predicted molar refractivity (Wildman–Crippen MR) is 87.9 cm³/mol. The number of fused-ring (bicyclic) bond motifs is 1. The molecule has 1 heterocycles. The van der Waals surface area contributed by atoms with Crippen LogP contribution < -0.4 is 0 Å². The molecule has 20 heavy (non-hydrogen) atoms. The molecule has 0 aliphatic heterocycles. The van der Waals surface area contributed by atoms with Gasteiger partial charge in [0.2, 0.25) is 0 Å². The predicted octanol–water partition coefficient (Wildman–Crippen LogP) is 6.01. The van der Waals surface area contributed by atoms with E-state index in [4.69, 9.17) is 23.2 Å². The third kappa shape index (κ3) is 3.67. The molecule has 1 aromatic carbocycles. The van der Waals surface area contributed by atoms with Crippen LogP contribution in [-0.4, -0.2) is 9.55 Å². The molecule has 0 fully saturated rings. The maximum absolute atomic E-state index is 6.11. The first-order chi connectivity index (χ1) is 9.63. The van der Waals surface area contributed by atoms with Gasteiger partial charge in [-0.15, -0.1) is 0 Å². The molecule has 0 amide bonds. The molecule has 0 radical (unpaired) electrons. The van der Waals surface area contributed by atoms with Crippen molar-refractivity contribution in [2.45, 2.75) is 58.9 Å². The number of hydrogen-bond acceptors (Lipinski definition) is 1. The Morgan fingerprint density at radius 1 is 1.00 bits per heavy atom. The summed E-state index contributed by atoms with van der Waals surface area (Å²) in [5.74, 6) is 1.03. The Morgan fingerprint density at radius 3 is 2.40 bits per heavy atom. The van der Waals surface area contributed by atoms with Gasteiger partial charge in [-0.05, 0) is 25.5 Å². The Kier molecular flexibility index (Phi) is 5.74. The van der Waals surface area contributed by atoms with Crippen LogP contribution >= 0.6 is 23.2 Å². The molecule has 4 heteroatoms. The van der Waals surface area contributed by atoms with Crippen LogP contribution in [0, 0.1) is 6.92 Å². The van der Waals surface area contributed by atoms with E-state index in [9.17, 15) is 0 Å². The average molecular weight is 313 g/mol. The highest BCUT2D eigenvalue weighted by atomic mass is 35.5. The molecule has 0 saturated carbocycles. The van der Waals surface area contributed by atoms with Gasteiger partial charge in [-0.1, -0.05) is 62.2 Å². The Bertz CT molecular complexity index is 575. The SMILES string of the molecule is CCCCCCCCn1c(C)nc2cc(Cl)c(Cl)cc21. The van der Waals surface area contributed by atoms with Crippen LogP contribution in [0.1, 0.15) is 51.3 Å². The standard InChI is InChI=1S/C16H22Cl2N2/c1-3-4-5-6-7-8-9-20-12(2)19-15-10-13(17)14(18)11-16(15)20/h10-11H,3-9H2,1-2H3. The van der Waals surface area contributed by atoms with E-state index in [2.05, 4.69) is 16.5 Å². The minimum Gasteiger partial charge on any atom is -0.328 e. The van der Waals surface area contributed by atoms with Crippen LogP contribution in [0.4, 0.5) is 0 Å². The van der Waals surface area contributed by atoms with Gasteiger partial charge in [0, 0.05) is 6.54 Å². The van der Waals surface area contributed by atoms with Gasteiger partial charge in [-0.2, -0.15) is 0 Å². The van der Waals surface area contributed by atoms with Crippen LogP contribution in [0.3, 0.4) is 0 Å². The van der Waals surface area contributed by atoms with Crippen molar-refractivity contribution in [2.75, 3.05) is 0 Å². The van der Waals surface area contributed by atoms with Crippen LogP contribution in [-0.2, 0) is 6.54 Å². The smallest absolute Gasteiger partial charge is 0.106 e. The van der Waals surface area contributed by atoms with Crippen molar-refractivity contribution in [3.05, 3.63) is 28.0 Å². The molecule has 0 aliphatic rings. The third-order valence-electron chi connectivity index (χ3n) is 3.72. The second-order valence-corrected chi connectivity index (χ2v) is 6.15. The van der Waals surface area contributed by atoms with Gasteiger partial charge >= 0.3 is 0 Å². The van der Waals surface area contributed by atoms with Crippen molar-refractivity contribution >= 4 is 34.2 Å². The van der Waals surface area contributed by atoms with Crippen LogP contribution in [0.2, 0.25) is 10.0 Å². The molecule has 110 valence electrons. The Balaban J connectivity index is 2.02. The molecule has 0 unspecified atom stereocenters. The summed E-state index contributed by atoms with van der Waals surface area (Å²) in [5, 5.41) is 1.17. The summed E-state index contributed by atoms with van der Waals surface area (Å²) in [6.45, 7) is 5.29. The maximum atomic E-state index is 6.11. The van der Waals surface area contributed by atoms with Crippen molar-refractivity contribution in [1.82, 2.24) is 9.55 Å². The highest BCUT2D eigenvalue weighted by molar-refractivity contribution is 6.42. The number of unbranched alkanes of at least 4 members (excludes halogenated alkanes) is 5. The summed E-state index contributed by atoms with van der Waals surface area (Å²) < 4.78 is 2.25. The lowest BCUT2D eigenvalue weighted by Crippen LogP contribution is -2.00. The summed E-state index contributed by atoms with van der Waals surface area (Å²) in [5.41, 5.74) is 2.02. The number of aryl methyl sites for hydroxylation is 2. The van der Waals surface area contributed by atoms with Crippen molar-refractivity contribution in [3.63, 3.8) is 0 Å². The van der Waals surface area contributed by atoms with Crippen molar-refractivity contribution < 1.29 is 0 Å². The van der Waals surface area contributed by atoms with Gasteiger partial charge in [0.15, 0.2) is 0 Å². The first-order valence-corrected chi connectivity index (χ1v) is 8.21. The van der Waals surface area contributed by atoms with E-state index in [1.807, 2.05) is 19.1 Å². The van der Waals surface area contributed by atoms with Crippen molar-refractivity contribution in [3.8, 4) is 0 Å². The van der Waals surface area contributed by atoms with E-state index in [1.165, 1.54) is 38.5 Å². The molecule has 0 spiro atoms. The number of rotatable bonds is 7. The normalized spacial score (nSPS) is 11.4. The zero-order valence-corrected chi connectivity index (χ0v) is 13.8. The Morgan fingerprint density at radius 2 is 1.65 bits per heavy atom. The molecular weight excluding hydrogens is 291 g/mol. The fourth-order valence-electron chi connectivity index (χ4n) is 2.57. The second kappa shape index (κ2) is 7.33. The van der Waals surface area contributed by atoms with E-state index < -0.39 is 0 Å². The number of aromatic nitrogens is 2. The molecule has 0 atom stereocenters. The number of halogens is 2. The highest BCUT2D eigenvalue weighted by Gasteiger charge is 2.10. The lowest BCUT2D eigenvalue weighted by atomic mass is 10.1. The second-order valence-electron chi connectivity index (χ2n) is 5.33. The minimum absolute atomic E-state index is 0.573. The number of nitrogens with zero attached hydrogens (tertiary/aromatic N) is 2. The molecule has 2 rings (SSSR count). The third-order valence-corrected chi connectivity index (χ3v) is 4.44. The highest BCUT2D eigenvalue weighted by Crippen LogP contribution is 2.28. The Hall–Kier alpha value is -0.730. The first kappa shape index (κ1) is 15.7. The van der Waals surface area contributed by atoms with Crippen molar-refractivity contribution in [2.24, 2.45) is 0 Å². The van der Waals surface area contributed by atoms with E-state index in [0.29, 0.717) is 10.0 Å². The fourth-order valence-corrected chi connectivity index (χ4v) is 2.89. The monoisotopic (exact) mass is 312 g/mol. The lowest BCUT2D eigenvalue weighted by Gasteiger charge is -2.07. The van der Waals surface area contributed by atoms with Gasteiger partial charge < -0.3 is 4.57 Å². The number of benzene rings is 1.